The van der Waals surface area contributed by atoms with Crippen molar-refractivity contribution in [3.05, 3.63) is 62.5 Å². The first-order valence-corrected chi connectivity index (χ1v) is 11.4. The third-order valence-corrected chi connectivity index (χ3v) is 6.31. The largest absolute Gasteiger partial charge is 0.484 e. The van der Waals surface area contributed by atoms with E-state index in [0.717, 1.165) is 43.5 Å². The van der Waals surface area contributed by atoms with Gasteiger partial charge in [0.25, 0.3) is 11.8 Å². The molecule has 2 aromatic carbocycles. The number of nitrogens with zero attached hydrogens (tertiary/aromatic N) is 1. The SMILES string of the molecule is Cc1cc(Br)cc(C)c1NC(=O)COc1ccc(/C=C2/SC(=S)N(CC(=O)O)C2=O)cc1. The van der Waals surface area contributed by atoms with Gasteiger partial charge in [-0.1, -0.05) is 52.0 Å². The highest BCUT2D eigenvalue weighted by atomic mass is 79.9. The van der Waals surface area contributed by atoms with Crippen molar-refractivity contribution in [1.82, 2.24) is 4.90 Å². The van der Waals surface area contributed by atoms with Crippen molar-refractivity contribution in [2.45, 2.75) is 13.8 Å². The first-order valence-electron chi connectivity index (χ1n) is 9.40. The van der Waals surface area contributed by atoms with E-state index in [1.807, 2.05) is 26.0 Å². The Morgan fingerprint density at radius 3 is 2.44 bits per heavy atom. The summed E-state index contributed by atoms with van der Waals surface area (Å²) in [5, 5.41) is 11.8. The summed E-state index contributed by atoms with van der Waals surface area (Å²) in [4.78, 5) is 36.9. The Morgan fingerprint density at radius 1 is 1.22 bits per heavy atom. The zero-order valence-corrected chi connectivity index (χ0v) is 20.4. The number of benzene rings is 2. The Hall–Kier alpha value is -2.69. The maximum atomic E-state index is 12.3. The van der Waals surface area contributed by atoms with Gasteiger partial charge < -0.3 is 15.2 Å². The molecule has 0 saturated carbocycles. The minimum Gasteiger partial charge on any atom is -0.484 e. The molecule has 0 atom stereocenters. The van der Waals surface area contributed by atoms with Crippen LogP contribution in [0.25, 0.3) is 6.08 Å². The highest BCUT2D eigenvalue weighted by Crippen LogP contribution is 2.32. The van der Waals surface area contributed by atoms with Crippen LogP contribution in [-0.2, 0) is 14.4 Å². The summed E-state index contributed by atoms with van der Waals surface area (Å²) in [6, 6.07) is 10.7. The average molecular weight is 535 g/mol. The molecule has 32 heavy (non-hydrogen) atoms. The van der Waals surface area contributed by atoms with Crippen LogP contribution in [0.5, 0.6) is 5.75 Å². The van der Waals surface area contributed by atoms with Gasteiger partial charge in [0.1, 0.15) is 16.6 Å². The topological polar surface area (TPSA) is 95.9 Å². The molecule has 7 nitrogen and oxygen atoms in total. The highest BCUT2D eigenvalue weighted by molar-refractivity contribution is 9.10. The molecule has 0 aliphatic carbocycles. The number of carbonyl (C=O) groups excluding carboxylic acids is 2. The molecule has 0 aromatic heterocycles. The van der Waals surface area contributed by atoms with Gasteiger partial charge in [-0.3, -0.25) is 19.3 Å². The normalized spacial score (nSPS) is 14.7. The number of thiocarbonyl (C=S) groups is 1. The Labute approximate surface area is 202 Å². The molecule has 3 rings (SSSR count). The Kier molecular flexibility index (Phi) is 7.70. The quantitative estimate of drug-likeness (QED) is 0.402. The fourth-order valence-corrected chi connectivity index (χ4v) is 4.96. The predicted molar refractivity (Wildman–Crippen MR) is 132 cm³/mol. The van der Waals surface area contributed by atoms with E-state index in [0.29, 0.717) is 10.7 Å². The van der Waals surface area contributed by atoms with E-state index in [4.69, 9.17) is 22.1 Å². The van der Waals surface area contributed by atoms with E-state index in [2.05, 4.69) is 21.2 Å². The lowest BCUT2D eigenvalue weighted by Gasteiger charge is -2.13. The number of anilines is 1. The maximum Gasteiger partial charge on any atom is 0.323 e. The number of carboxylic acid groups (broad SMARTS) is 1. The average Bonchev–Trinajstić information content (AvgIpc) is 2.97. The molecule has 0 bridgehead atoms. The highest BCUT2D eigenvalue weighted by Gasteiger charge is 2.33. The van der Waals surface area contributed by atoms with Gasteiger partial charge in [-0.2, -0.15) is 0 Å². The van der Waals surface area contributed by atoms with Gasteiger partial charge in [-0.15, -0.1) is 0 Å². The number of aryl methyl sites for hydroxylation is 2. The van der Waals surface area contributed by atoms with Crippen LogP contribution >= 0.6 is 39.9 Å². The molecule has 1 aliphatic heterocycles. The molecule has 2 N–H and O–H groups in total. The Balaban J connectivity index is 1.59. The van der Waals surface area contributed by atoms with Gasteiger partial charge in [-0.05, 0) is 60.9 Å². The molecule has 10 heteroatoms. The van der Waals surface area contributed by atoms with Crippen molar-refractivity contribution < 1.29 is 24.2 Å². The predicted octanol–water partition coefficient (Wildman–Crippen LogP) is 4.37. The monoisotopic (exact) mass is 534 g/mol. The van der Waals surface area contributed by atoms with Gasteiger partial charge in [0.05, 0.1) is 4.91 Å². The molecule has 166 valence electrons. The van der Waals surface area contributed by atoms with Gasteiger partial charge in [0.15, 0.2) is 6.61 Å². The lowest BCUT2D eigenvalue weighted by atomic mass is 10.1. The number of hydrogen-bond donors (Lipinski definition) is 2. The Morgan fingerprint density at radius 2 is 1.84 bits per heavy atom. The first kappa shape index (κ1) is 24.0. The molecule has 1 saturated heterocycles. The van der Waals surface area contributed by atoms with Crippen molar-refractivity contribution in [2.24, 2.45) is 0 Å². The zero-order valence-electron chi connectivity index (χ0n) is 17.2. The fraction of sp³-hybridized carbons (Fsp3) is 0.182. The second-order valence-corrected chi connectivity index (χ2v) is 9.57. The van der Waals surface area contributed by atoms with Crippen molar-refractivity contribution in [3.8, 4) is 5.75 Å². The fourth-order valence-electron chi connectivity index (χ4n) is 3.02. The summed E-state index contributed by atoms with van der Waals surface area (Å²) in [5.41, 5.74) is 3.38. The summed E-state index contributed by atoms with van der Waals surface area (Å²) in [7, 11) is 0. The zero-order chi connectivity index (χ0) is 23.4. The molecule has 0 spiro atoms. The minimum atomic E-state index is -1.13. The number of carbonyl (C=O) groups is 3. The number of ether oxygens (including phenoxy) is 1. The molecular formula is C22H19BrN2O5S2. The molecule has 1 aliphatic rings. The van der Waals surface area contributed by atoms with Gasteiger partial charge >= 0.3 is 5.97 Å². The lowest BCUT2D eigenvalue weighted by molar-refractivity contribution is -0.140. The van der Waals surface area contributed by atoms with Crippen LogP contribution < -0.4 is 10.1 Å². The number of carboxylic acids is 1. The molecule has 1 heterocycles. The van der Waals surface area contributed by atoms with Crippen molar-refractivity contribution >= 4 is 73.8 Å². The number of nitrogens with one attached hydrogen (secondary N) is 1. The third-order valence-electron chi connectivity index (χ3n) is 4.48. The number of halogens is 1. The van der Waals surface area contributed by atoms with Gasteiger partial charge in [-0.25, -0.2) is 0 Å². The van der Waals surface area contributed by atoms with E-state index >= 15 is 0 Å². The number of amides is 2. The van der Waals surface area contributed by atoms with E-state index in [1.54, 1.807) is 30.3 Å². The lowest BCUT2D eigenvalue weighted by Crippen LogP contribution is -2.33. The number of rotatable bonds is 7. The van der Waals surface area contributed by atoms with E-state index in [-0.39, 0.29) is 16.8 Å². The van der Waals surface area contributed by atoms with Crippen LogP contribution in [0.15, 0.2) is 45.8 Å². The molecule has 1 fully saturated rings. The second-order valence-electron chi connectivity index (χ2n) is 6.98. The minimum absolute atomic E-state index is 0.151. The van der Waals surface area contributed by atoms with Crippen molar-refractivity contribution in [1.29, 1.82) is 0 Å². The summed E-state index contributed by atoms with van der Waals surface area (Å²) < 4.78 is 6.72. The summed E-state index contributed by atoms with van der Waals surface area (Å²) >= 11 is 9.57. The summed E-state index contributed by atoms with van der Waals surface area (Å²) in [6.07, 6.45) is 1.64. The van der Waals surface area contributed by atoms with E-state index < -0.39 is 18.4 Å². The van der Waals surface area contributed by atoms with Crippen LogP contribution in [0.2, 0.25) is 0 Å². The van der Waals surface area contributed by atoms with Crippen LogP contribution in [0.4, 0.5) is 5.69 Å². The second kappa shape index (κ2) is 10.3. The van der Waals surface area contributed by atoms with Gasteiger partial charge in [0, 0.05) is 10.2 Å². The van der Waals surface area contributed by atoms with Crippen molar-refractivity contribution in [3.63, 3.8) is 0 Å². The van der Waals surface area contributed by atoms with Crippen LogP contribution in [0.3, 0.4) is 0 Å². The maximum absolute atomic E-state index is 12.3. The standard InChI is InChI=1S/C22H19BrN2O5S2/c1-12-7-15(23)8-13(2)20(12)24-18(26)11-30-16-5-3-14(4-6-16)9-17-21(29)25(10-19(27)28)22(31)32-17/h3-9H,10-11H2,1-2H3,(H,24,26)(H,27,28)/b17-9+. The van der Waals surface area contributed by atoms with Crippen LogP contribution in [0.1, 0.15) is 16.7 Å². The molecule has 0 radical (unpaired) electrons. The van der Waals surface area contributed by atoms with Crippen LogP contribution in [-0.4, -0.2) is 45.3 Å². The molecular weight excluding hydrogens is 516 g/mol. The number of hydrogen-bond acceptors (Lipinski definition) is 6. The van der Waals surface area contributed by atoms with E-state index in [9.17, 15) is 14.4 Å². The van der Waals surface area contributed by atoms with Crippen LogP contribution in [0, 0.1) is 13.8 Å². The smallest absolute Gasteiger partial charge is 0.323 e. The first-order chi connectivity index (χ1) is 15.1. The third kappa shape index (κ3) is 5.96. The molecule has 2 amide bonds. The van der Waals surface area contributed by atoms with Gasteiger partial charge in [0.2, 0.25) is 0 Å². The number of aliphatic carboxylic acids is 1. The van der Waals surface area contributed by atoms with Crippen molar-refractivity contribution in [2.75, 3.05) is 18.5 Å². The summed E-state index contributed by atoms with van der Waals surface area (Å²) in [6.45, 7) is 3.23. The molecule has 0 unspecified atom stereocenters. The number of thioether (sulfide) groups is 1. The summed E-state index contributed by atoms with van der Waals surface area (Å²) in [5.74, 6) is -1.33. The molecule has 2 aromatic rings. The Bertz CT molecular complexity index is 1110. The van der Waals surface area contributed by atoms with E-state index in [1.165, 1.54) is 0 Å².